The van der Waals surface area contributed by atoms with E-state index in [1.54, 1.807) is 0 Å². The SMILES string of the molecule is NC(=O)c1cnn(-c2cc(F)ccc2Br)c1N. The molecule has 0 aliphatic carbocycles. The van der Waals surface area contributed by atoms with Crippen molar-refractivity contribution >= 4 is 27.7 Å². The molecular weight excluding hydrogens is 291 g/mol. The van der Waals surface area contributed by atoms with Gasteiger partial charge in [-0.2, -0.15) is 5.10 Å². The van der Waals surface area contributed by atoms with Gasteiger partial charge in [-0.25, -0.2) is 9.07 Å². The predicted octanol–water partition coefficient (Wildman–Crippen LogP) is 1.46. The molecule has 0 radical (unpaired) electrons. The van der Waals surface area contributed by atoms with E-state index in [-0.39, 0.29) is 11.4 Å². The fourth-order valence-electron chi connectivity index (χ4n) is 1.39. The zero-order valence-electron chi connectivity index (χ0n) is 8.52. The second kappa shape index (κ2) is 4.17. The van der Waals surface area contributed by atoms with Gasteiger partial charge in [-0.05, 0) is 28.1 Å². The quantitative estimate of drug-likeness (QED) is 0.880. The molecule has 7 heteroatoms. The highest BCUT2D eigenvalue weighted by molar-refractivity contribution is 9.10. The van der Waals surface area contributed by atoms with Gasteiger partial charge in [0.15, 0.2) is 0 Å². The molecule has 2 aromatic rings. The van der Waals surface area contributed by atoms with Crippen LogP contribution in [-0.2, 0) is 0 Å². The Morgan fingerprint density at radius 1 is 1.47 bits per heavy atom. The van der Waals surface area contributed by atoms with Crippen molar-refractivity contribution in [2.24, 2.45) is 5.73 Å². The molecule has 0 bridgehead atoms. The summed E-state index contributed by atoms with van der Waals surface area (Å²) in [5, 5.41) is 3.90. The summed E-state index contributed by atoms with van der Waals surface area (Å²) in [6.45, 7) is 0. The Kier molecular flexibility index (Phi) is 2.84. The standard InChI is InChI=1S/C10H8BrFN4O/c11-7-2-1-5(12)3-8(7)16-9(13)6(4-15-16)10(14)17/h1-4H,13H2,(H2,14,17). The van der Waals surface area contributed by atoms with Crippen LogP contribution in [-0.4, -0.2) is 15.7 Å². The molecule has 0 unspecified atom stereocenters. The fraction of sp³-hybridized carbons (Fsp3) is 0. The first kappa shape index (κ1) is 11.6. The highest BCUT2D eigenvalue weighted by Crippen LogP contribution is 2.25. The summed E-state index contributed by atoms with van der Waals surface area (Å²) < 4.78 is 15.0. The topological polar surface area (TPSA) is 86.9 Å². The number of nitrogens with two attached hydrogens (primary N) is 2. The third-order valence-electron chi connectivity index (χ3n) is 2.21. The zero-order chi connectivity index (χ0) is 12.6. The lowest BCUT2D eigenvalue weighted by Crippen LogP contribution is -2.13. The van der Waals surface area contributed by atoms with Crippen LogP contribution in [0.3, 0.4) is 0 Å². The van der Waals surface area contributed by atoms with E-state index in [4.69, 9.17) is 11.5 Å². The molecule has 0 aliphatic rings. The van der Waals surface area contributed by atoms with E-state index in [0.29, 0.717) is 10.2 Å². The molecule has 4 N–H and O–H groups in total. The van der Waals surface area contributed by atoms with Crippen molar-refractivity contribution in [1.82, 2.24) is 9.78 Å². The number of benzene rings is 1. The average molecular weight is 299 g/mol. The van der Waals surface area contributed by atoms with Crippen LogP contribution < -0.4 is 11.5 Å². The van der Waals surface area contributed by atoms with Crippen LogP contribution in [0, 0.1) is 5.82 Å². The lowest BCUT2D eigenvalue weighted by molar-refractivity contribution is 0.100. The summed E-state index contributed by atoms with van der Waals surface area (Å²) in [6, 6.07) is 4.07. The minimum atomic E-state index is -0.679. The lowest BCUT2D eigenvalue weighted by Gasteiger charge is -2.06. The van der Waals surface area contributed by atoms with Gasteiger partial charge in [0.05, 0.1) is 11.9 Å². The molecule has 0 saturated carbocycles. The van der Waals surface area contributed by atoms with Gasteiger partial charge in [0, 0.05) is 10.5 Å². The maximum absolute atomic E-state index is 13.1. The van der Waals surface area contributed by atoms with Crippen molar-refractivity contribution in [3.05, 3.63) is 40.2 Å². The van der Waals surface area contributed by atoms with Gasteiger partial charge in [-0.1, -0.05) is 0 Å². The van der Waals surface area contributed by atoms with E-state index in [1.807, 2.05) is 0 Å². The van der Waals surface area contributed by atoms with Crippen molar-refractivity contribution in [2.45, 2.75) is 0 Å². The predicted molar refractivity (Wildman–Crippen MR) is 64.2 cm³/mol. The van der Waals surface area contributed by atoms with Crippen LogP contribution in [0.25, 0.3) is 5.69 Å². The summed E-state index contributed by atoms with van der Waals surface area (Å²) in [5.41, 5.74) is 11.3. The van der Waals surface area contributed by atoms with Gasteiger partial charge in [0.2, 0.25) is 0 Å². The summed E-state index contributed by atoms with van der Waals surface area (Å²) in [5.74, 6) is -1.04. The number of rotatable bonds is 2. The average Bonchev–Trinajstić information content (AvgIpc) is 2.64. The van der Waals surface area contributed by atoms with Gasteiger partial charge >= 0.3 is 0 Å². The number of amides is 1. The Hall–Kier alpha value is -1.89. The molecule has 0 fully saturated rings. The van der Waals surface area contributed by atoms with Crippen LogP contribution in [0.5, 0.6) is 0 Å². The van der Waals surface area contributed by atoms with Gasteiger partial charge in [0.1, 0.15) is 17.2 Å². The van der Waals surface area contributed by atoms with E-state index in [9.17, 15) is 9.18 Å². The van der Waals surface area contributed by atoms with Gasteiger partial charge in [-0.3, -0.25) is 4.79 Å². The molecule has 0 aliphatic heterocycles. The maximum Gasteiger partial charge on any atom is 0.254 e. The maximum atomic E-state index is 13.1. The number of nitrogen functional groups attached to an aromatic ring is 1. The van der Waals surface area contributed by atoms with Gasteiger partial charge < -0.3 is 11.5 Å². The number of hydrogen-bond donors (Lipinski definition) is 2. The fourth-order valence-corrected chi connectivity index (χ4v) is 1.80. The molecular formula is C10H8BrFN4O. The molecule has 0 spiro atoms. The van der Waals surface area contributed by atoms with Crippen molar-refractivity contribution in [1.29, 1.82) is 0 Å². The Morgan fingerprint density at radius 2 is 2.18 bits per heavy atom. The molecule has 88 valence electrons. The van der Waals surface area contributed by atoms with Gasteiger partial charge in [0.25, 0.3) is 5.91 Å². The molecule has 1 amide bonds. The van der Waals surface area contributed by atoms with Crippen molar-refractivity contribution < 1.29 is 9.18 Å². The summed E-state index contributed by atoms with van der Waals surface area (Å²) in [4.78, 5) is 11.0. The van der Waals surface area contributed by atoms with Gasteiger partial charge in [-0.15, -0.1) is 0 Å². The number of primary amides is 1. The minimum absolute atomic E-state index is 0.0730. The first-order chi connectivity index (χ1) is 8.00. The molecule has 1 aromatic heterocycles. The van der Waals surface area contributed by atoms with E-state index in [0.717, 1.165) is 0 Å². The molecule has 1 heterocycles. The Labute approximate surface area is 104 Å². The molecule has 1 aromatic carbocycles. The van der Waals surface area contributed by atoms with E-state index >= 15 is 0 Å². The largest absolute Gasteiger partial charge is 0.383 e. The number of carbonyl (C=O) groups is 1. The van der Waals surface area contributed by atoms with Crippen LogP contribution >= 0.6 is 15.9 Å². The number of hydrogen-bond acceptors (Lipinski definition) is 3. The normalized spacial score (nSPS) is 10.5. The van der Waals surface area contributed by atoms with Crippen molar-refractivity contribution in [2.75, 3.05) is 5.73 Å². The molecule has 0 atom stereocenters. The molecule has 5 nitrogen and oxygen atoms in total. The highest BCUT2D eigenvalue weighted by Gasteiger charge is 2.15. The first-order valence-corrected chi connectivity index (χ1v) is 5.38. The lowest BCUT2D eigenvalue weighted by atomic mass is 10.3. The van der Waals surface area contributed by atoms with Crippen LogP contribution in [0.4, 0.5) is 10.2 Å². The second-order valence-corrected chi connectivity index (χ2v) is 4.17. The molecule has 0 saturated heterocycles. The number of halogens is 2. The number of nitrogens with zero attached hydrogens (tertiary/aromatic N) is 2. The molecule has 17 heavy (non-hydrogen) atoms. The highest BCUT2D eigenvalue weighted by atomic mass is 79.9. The third kappa shape index (κ3) is 2.01. The smallest absolute Gasteiger partial charge is 0.254 e. The van der Waals surface area contributed by atoms with Crippen LogP contribution in [0.1, 0.15) is 10.4 Å². The zero-order valence-corrected chi connectivity index (χ0v) is 10.1. The Bertz CT molecular complexity index is 596. The van der Waals surface area contributed by atoms with E-state index in [1.165, 1.54) is 29.1 Å². The van der Waals surface area contributed by atoms with Crippen molar-refractivity contribution in [3.8, 4) is 5.69 Å². The second-order valence-electron chi connectivity index (χ2n) is 3.32. The minimum Gasteiger partial charge on any atom is -0.383 e. The van der Waals surface area contributed by atoms with Crippen molar-refractivity contribution in [3.63, 3.8) is 0 Å². The van der Waals surface area contributed by atoms with Crippen LogP contribution in [0.15, 0.2) is 28.9 Å². The first-order valence-electron chi connectivity index (χ1n) is 4.59. The van der Waals surface area contributed by atoms with E-state index < -0.39 is 11.7 Å². The Balaban J connectivity index is 2.61. The number of carbonyl (C=O) groups excluding carboxylic acids is 1. The third-order valence-corrected chi connectivity index (χ3v) is 2.88. The molecule has 2 rings (SSSR count). The number of anilines is 1. The van der Waals surface area contributed by atoms with E-state index in [2.05, 4.69) is 21.0 Å². The number of aromatic nitrogens is 2. The summed E-state index contributed by atoms with van der Waals surface area (Å²) in [6.07, 6.45) is 1.25. The summed E-state index contributed by atoms with van der Waals surface area (Å²) >= 11 is 3.25. The Morgan fingerprint density at radius 3 is 2.76 bits per heavy atom. The van der Waals surface area contributed by atoms with Crippen LogP contribution in [0.2, 0.25) is 0 Å². The summed E-state index contributed by atoms with van der Waals surface area (Å²) in [7, 11) is 0. The monoisotopic (exact) mass is 298 g/mol.